The van der Waals surface area contributed by atoms with Crippen molar-refractivity contribution in [3.8, 4) is 10.8 Å². The molecule has 3 aromatic heterocycles. The quantitative estimate of drug-likeness (QED) is 0.519. The van der Waals surface area contributed by atoms with E-state index in [0.29, 0.717) is 28.9 Å². The number of nitrogens with zero attached hydrogens (tertiary/aromatic N) is 5. The summed E-state index contributed by atoms with van der Waals surface area (Å²) in [5.41, 5.74) is 2.83. The van der Waals surface area contributed by atoms with Gasteiger partial charge in [-0.05, 0) is 22.6 Å². The number of hydrogen-bond acceptors (Lipinski definition) is 6. The van der Waals surface area contributed by atoms with Gasteiger partial charge in [0.05, 0.1) is 12.7 Å². The van der Waals surface area contributed by atoms with E-state index in [-0.39, 0.29) is 11.3 Å². The molecule has 4 aromatic rings. The van der Waals surface area contributed by atoms with Gasteiger partial charge in [-0.3, -0.25) is 4.79 Å². The third-order valence-corrected chi connectivity index (χ3v) is 5.44. The normalized spacial score (nSPS) is 11.4. The molecule has 1 aromatic carbocycles. The zero-order valence-electron chi connectivity index (χ0n) is 17.0. The summed E-state index contributed by atoms with van der Waals surface area (Å²) in [5, 5.41) is 9.54. The lowest BCUT2D eigenvalue weighted by Gasteiger charge is -2.19. The number of nitrogens with one attached hydrogen (secondary N) is 1. The third-order valence-electron chi connectivity index (χ3n) is 4.60. The summed E-state index contributed by atoms with van der Waals surface area (Å²) in [4.78, 5) is 25.4. The molecular formula is C22H22N6OS. The van der Waals surface area contributed by atoms with Crippen LogP contribution in [0.1, 0.15) is 42.4 Å². The molecule has 0 fully saturated rings. The molecule has 0 spiro atoms. The van der Waals surface area contributed by atoms with Gasteiger partial charge in [0, 0.05) is 23.8 Å². The SMILES string of the molecule is CC(C)(C)c1ccc(Cn2nccc2NC(=O)c2csc(-c3ncccn3)n2)cc1. The van der Waals surface area contributed by atoms with Gasteiger partial charge in [-0.15, -0.1) is 11.3 Å². The van der Waals surface area contributed by atoms with E-state index in [1.807, 2.05) is 0 Å². The van der Waals surface area contributed by atoms with Crippen molar-refractivity contribution in [1.29, 1.82) is 0 Å². The Kier molecular flexibility index (Phi) is 5.41. The number of benzene rings is 1. The summed E-state index contributed by atoms with van der Waals surface area (Å²) in [6, 6.07) is 12.0. The van der Waals surface area contributed by atoms with Gasteiger partial charge in [0.15, 0.2) is 10.8 Å². The van der Waals surface area contributed by atoms with Crippen molar-refractivity contribution in [3.63, 3.8) is 0 Å². The number of amides is 1. The van der Waals surface area contributed by atoms with Crippen LogP contribution >= 0.6 is 11.3 Å². The Hall–Kier alpha value is -3.39. The summed E-state index contributed by atoms with van der Waals surface area (Å²) in [7, 11) is 0. The molecular weight excluding hydrogens is 396 g/mol. The molecule has 152 valence electrons. The van der Waals surface area contributed by atoms with Gasteiger partial charge in [-0.25, -0.2) is 19.6 Å². The maximum Gasteiger partial charge on any atom is 0.276 e. The maximum absolute atomic E-state index is 12.7. The highest BCUT2D eigenvalue weighted by molar-refractivity contribution is 7.13. The monoisotopic (exact) mass is 418 g/mol. The van der Waals surface area contributed by atoms with Crippen molar-refractivity contribution in [2.75, 3.05) is 5.32 Å². The van der Waals surface area contributed by atoms with Gasteiger partial charge < -0.3 is 5.32 Å². The number of thiazole rings is 1. The Morgan fingerprint density at radius 3 is 2.50 bits per heavy atom. The molecule has 1 amide bonds. The second-order valence-electron chi connectivity index (χ2n) is 7.89. The molecule has 0 radical (unpaired) electrons. The Morgan fingerprint density at radius 1 is 1.07 bits per heavy atom. The molecule has 0 unspecified atom stereocenters. The van der Waals surface area contributed by atoms with Crippen LogP contribution in [0.4, 0.5) is 5.82 Å². The molecule has 0 bridgehead atoms. The summed E-state index contributed by atoms with van der Waals surface area (Å²) in [6.07, 6.45) is 4.97. The van der Waals surface area contributed by atoms with E-state index in [9.17, 15) is 4.79 Å². The summed E-state index contributed by atoms with van der Waals surface area (Å²) < 4.78 is 1.76. The minimum Gasteiger partial charge on any atom is -0.305 e. The van der Waals surface area contributed by atoms with E-state index in [1.54, 1.807) is 40.8 Å². The van der Waals surface area contributed by atoms with Crippen molar-refractivity contribution in [3.05, 3.63) is 77.2 Å². The summed E-state index contributed by atoms with van der Waals surface area (Å²) >= 11 is 1.33. The molecule has 0 aliphatic heterocycles. The smallest absolute Gasteiger partial charge is 0.276 e. The van der Waals surface area contributed by atoms with Crippen LogP contribution in [0, 0.1) is 0 Å². The zero-order chi connectivity index (χ0) is 21.1. The van der Waals surface area contributed by atoms with Gasteiger partial charge in [0.25, 0.3) is 5.91 Å². The van der Waals surface area contributed by atoms with Crippen LogP contribution in [-0.4, -0.2) is 30.6 Å². The Labute approximate surface area is 178 Å². The highest BCUT2D eigenvalue weighted by Gasteiger charge is 2.16. The van der Waals surface area contributed by atoms with Crippen molar-refractivity contribution >= 4 is 23.1 Å². The van der Waals surface area contributed by atoms with E-state index < -0.39 is 0 Å². The standard InChI is InChI=1S/C22H22N6OS/c1-22(2,3)16-7-5-15(6-8-16)13-28-18(9-12-25-28)27-20(29)17-14-30-21(26-17)19-23-10-4-11-24-19/h4-12,14H,13H2,1-3H3,(H,27,29). The number of carbonyl (C=O) groups is 1. The van der Waals surface area contributed by atoms with Crippen LogP contribution < -0.4 is 5.32 Å². The largest absolute Gasteiger partial charge is 0.305 e. The van der Waals surface area contributed by atoms with Crippen LogP contribution in [0.15, 0.2) is 60.4 Å². The Balaban J connectivity index is 1.46. The molecule has 1 N–H and O–H groups in total. The molecule has 0 aliphatic rings. The van der Waals surface area contributed by atoms with E-state index in [2.05, 4.69) is 70.4 Å². The predicted octanol–water partition coefficient (Wildman–Crippen LogP) is 4.39. The number of hydrogen-bond donors (Lipinski definition) is 1. The second kappa shape index (κ2) is 8.16. The fourth-order valence-corrected chi connectivity index (χ4v) is 3.66. The van der Waals surface area contributed by atoms with Gasteiger partial charge in [-0.2, -0.15) is 5.10 Å². The molecule has 8 heteroatoms. The molecule has 4 rings (SSSR count). The van der Waals surface area contributed by atoms with Crippen LogP contribution in [0.3, 0.4) is 0 Å². The highest BCUT2D eigenvalue weighted by atomic mass is 32.1. The lowest BCUT2D eigenvalue weighted by Crippen LogP contribution is -2.16. The second-order valence-corrected chi connectivity index (χ2v) is 8.74. The van der Waals surface area contributed by atoms with Crippen molar-refractivity contribution in [2.24, 2.45) is 0 Å². The molecule has 0 atom stereocenters. The fraction of sp³-hybridized carbons (Fsp3) is 0.227. The van der Waals surface area contributed by atoms with Crippen molar-refractivity contribution in [1.82, 2.24) is 24.7 Å². The summed E-state index contributed by atoms with van der Waals surface area (Å²) in [6.45, 7) is 7.14. The average molecular weight is 419 g/mol. The molecule has 7 nitrogen and oxygen atoms in total. The van der Waals surface area contributed by atoms with Crippen LogP contribution in [0.2, 0.25) is 0 Å². The van der Waals surface area contributed by atoms with Crippen molar-refractivity contribution < 1.29 is 4.79 Å². The first kappa shape index (κ1) is 19.9. The minimum atomic E-state index is -0.293. The highest BCUT2D eigenvalue weighted by Crippen LogP contribution is 2.23. The first-order valence-corrected chi connectivity index (χ1v) is 10.4. The topological polar surface area (TPSA) is 85.6 Å². The maximum atomic E-state index is 12.7. The number of aromatic nitrogens is 5. The molecule has 30 heavy (non-hydrogen) atoms. The van der Waals surface area contributed by atoms with Gasteiger partial charge >= 0.3 is 0 Å². The Morgan fingerprint density at radius 2 is 1.80 bits per heavy atom. The summed E-state index contributed by atoms with van der Waals surface area (Å²) in [5.74, 6) is 0.828. The lowest BCUT2D eigenvalue weighted by molar-refractivity contribution is 0.102. The lowest BCUT2D eigenvalue weighted by atomic mass is 9.87. The number of rotatable bonds is 5. The van der Waals surface area contributed by atoms with Gasteiger partial charge in [0.1, 0.15) is 11.5 Å². The predicted molar refractivity (Wildman–Crippen MR) is 118 cm³/mol. The Bertz CT molecular complexity index is 1140. The van der Waals surface area contributed by atoms with Gasteiger partial charge in [-0.1, -0.05) is 45.0 Å². The third kappa shape index (κ3) is 4.44. The minimum absolute atomic E-state index is 0.112. The number of anilines is 1. The van der Waals surface area contributed by atoms with Crippen LogP contribution in [0.25, 0.3) is 10.8 Å². The van der Waals surface area contributed by atoms with E-state index in [4.69, 9.17) is 0 Å². The molecule has 0 saturated carbocycles. The van der Waals surface area contributed by atoms with E-state index >= 15 is 0 Å². The van der Waals surface area contributed by atoms with E-state index in [0.717, 1.165) is 5.56 Å². The van der Waals surface area contributed by atoms with Crippen molar-refractivity contribution in [2.45, 2.75) is 32.7 Å². The van der Waals surface area contributed by atoms with Gasteiger partial charge in [0.2, 0.25) is 0 Å². The average Bonchev–Trinajstić information content (AvgIpc) is 3.39. The zero-order valence-corrected chi connectivity index (χ0v) is 17.8. The van der Waals surface area contributed by atoms with Crippen LogP contribution in [-0.2, 0) is 12.0 Å². The van der Waals surface area contributed by atoms with Crippen LogP contribution in [0.5, 0.6) is 0 Å². The fourth-order valence-electron chi connectivity index (χ4n) is 2.92. The van der Waals surface area contributed by atoms with E-state index in [1.165, 1.54) is 16.9 Å². The first-order valence-electron chi connectivity index (χ1n) is 9.56. The molecule has 3 heterocycles. The molecule has 0 saturated heterocycles. The first-order chi connectivity index (χ1) is 14.4. The number of carbonyl (C=O) groups excluding carboxylic acids is 1. The molecule has 0 aliphatic carbocycles.